The minimum absolute atomic E-state index is 0.172. The summed E-state index contributed by atoms with van der Waals surface area (Å²) in [4.78, 5) is 24.9. The molecule has 12 heteroatoms. The molecule has 0 spiro atoms. The fourth-order valence-corrected chi connectivity index (χ4v) is 4.16. The van der Waals surface area contributed by atoms with Crippen LogP contribution in [-0.2, 0) is 18.9 Å². The van der Waals surface area contributed by atoms with Crippen LogP contribution in [0.4, 0.5) is 10.6 Å². The second kappa shape index (κ2) is 9.61. The molecular formula is C22H34N6O6. The molecule has 0 saturated carbocycles. The first kappa shape index (κ1) is 24.6. The summed E-state index contributed by atoms with van der Waals surface area (Å²) in [6, 6.07) is 0. The summed E-state index contributed by atoms with van der Waals surface area (Å²) in [5.74, 6) is -0.151. The molecule has 2 aliphatic rings. The van der Waals surface area contributed by atoms with Gasteiger partial charge in [0.25, 0.3) is 0 Å². The van der Waals surface area contributed by atoms with Crippen LogP contribution in [0, 0.1) is 0 Å². The van der Waals surface area contributed by atoms with Crippen molar-refractivity contribution in [2.24, 2.45) is 0 Å². The monoisotopic (exact) mass is 478 g/mol. The van der Waals surface area contributed by atoms with Gasteiger partial charge >= 0.3 is 6.09 Å². The van der Waals surface area contributed by atoms with Crippen molar-refractivity contribution in [3.8, 4) is 0 Å². The Labute approximate surface area is 198 Å². The number of carbonyl (C=O) groups excluding carboxylic acids is 1. The van der Waals surface area contributed by atoms with Crippen molar-refractivity contribution in [3.63, 3.8) is 0 Å². The van der Waals surface area contributed by atoms with E-state index in [0.29, 0.717) is 30.1 Å². The zero-order valence-electron chi connectivity index (χ0n) is 20.3. The van der Waals surface area contributed by atoms with E-state index in [9.17, 15) is 9.90 Å². The lowest BCUT2D eigenvalue weighted by molar-refractivity contribution is -0.199. The maximum atomic E-state index is 11.7. The molecule has 2 fully saturated rings. The van der Waals surface area contributed by atoms with E-state index in [1.165, 1.54) is 6.33 Å². The van der Waals surface area contributed by atoms with E-state index < -0.39 is 35.9 Å². The molecule has 4 unspecified atom stereocenters. The van der Waals surface area contributed by atoms with Gasteiger partial charge in [-0.3, -0.25) is 4.57 Å². The molecule has 0 radical (unpaired) electrons. The molecule has 2 aliphatic heterocycles. The van der Waals surface area contributed by atoms with Gasteiger partial charge < -0.3 is 34.7 Å². The SMILES string of the molecule is CC(C)(C)OC(=O)NCCCCNc1ncnc2c1ncn2C1OC(CO)C2OC(C)(C)OC21. The number of rotatable bonds is 8. The van der Waals surface area contributed by atoms with E-state index in [0.717, 1.165) is 12.8 Å². The number of nitrogens with one attached hydrogen (secondary N) is 2. The van der Waals surface area contributed by atoms with Gasteiger partial charge in [0.15, 0.2) is 29.0 Å². The van der Waals surface area contributed by atoms with Gasteiger partial charge in [-0.2, -0.15) is 0 Å². The van der Waals surface area contributed by atoms with Crippen LogP contribution < -0.4 is 10.6 Å². The third-order valence-electron chi connectivity index (χ3n) is 5.50. The summed E-state index contributed by atoms with van der Waals surface area (Å²) in [6.07, 6.45) is 2.50. The molecule has 0 bridgehead atoms. The number of aliphatic hydroxyl groups is 1. The lowest BCUT2D eigenvalue weighted by Gasteiger charge is -2.24. The van der Waals surface area contributed by atoms with Gasteiger partial charge in [-0.05, 0) is 47.5 Å². The zero-order valence-corrected chi connectivity index (χ0v) is 20.3. The van der Waals surface area contributed by atoms with E-state index in [-0.39, 0.29) is 12.7 Å². The largest absolute Gasteiger partial charge is 0.444 e. The summed E-state index contributed by atoms with van der Waals surface area (Å²) in [5, 5.41) is 15.8. The van der Waals surface area contributed by atoms with Crippen molar-refractivity contribution >= 4 is 23.1 Å². The van der Waals surface area contributed by atoms with E-state index in [4.69, 9.17) is 18.9 Å². The number of amides is 1. The van der Waals surface area contributed by atoms with E-state index in [1.54, 1.807) is 10.9 Å². The Hall–Kier alpha value is -2.54. The molecule has 4 heterocycles. The zero-order chi connectivity index (χ0) is 24.5. The van der Waals surface area contributed by atoms with Crippen molar-refractivity contribution < 1.29 is 28.8 Å². The third-order valence-corrected chi connectivity index (χ3v) is 5.50. The maximum absolute atomic E-state index is 11.7. The molecule has 3 N–H and O–H groups in total. The van der Waals surface area contributed by atoms with Crippen molar-refractivity contribution in [2.45, 2.75) is 83.4 Å². The second-order valence-corrected chi connectivity index (χ2v) is 9.92. The van der Waals surface area contributed by atoms with E-state index in [1.807, 2.05) is 34.6 Å². The molecule has 2 saturated heterocycles. The molecule has 1 amide bonds. The number of fused-ring (bicyclic) bond motifs is 2. The number of aromatic nitrogens is 4. The van der Waals surface area contributed by atoms with E-state index in [2.05, 4.69) is 25.6 Å². The molecule has 12 nitrogen and oxygen atoms in total. The van der Waals surface area contributed by atoms with Gasteiger partial charge in [0.1, 0.15) is 30.2 Å². The predicted molar refractivity (Wildman–Crippen MR) is 122 cm³/mol. The molecule has 2 aromatic rings. The number of aliphatic hydroxyl groups excluding tert-OH is 1. The Kier molecular flexibility index (Phi) is 6.94. The lowest BCUT2D eigenvalue weighted by atomic mass is 10.1. The summed E-state index contributed by atoms with van der Waals surface area (Å²) < 4.78 is 25.1. The van der Waals surface area contributed by atoms with Gasteiger partial charge in [-0.15, -0.1) is 0 Å². The first-order valence-corrected chi connectivity index (χ1v) is 11.6. The number of nitrogens with zero attached hydrogens (tertiary/aromatic N) is 4. The Balaban J connectivity index is 1.35. The minimum Gasteiger partial charge on any atom is -0.444 e. The normalized spacial score (nSPS) is 25.9. The van der Waals surface area contributed by atoms with Crippen LogP contribution in [0.25, 0.3) is 11.2 Å². The maximum Gasteiger partial charge on any atom is 0.407 e. The van der Waals surface area contributed by atoms with Gasteiger partial charge in [0.05, 0.1) is 12.9 Å². The number of alkyl carbamates (subject to hydrolysis) is 1. The van der Waals surface area contributed by atoms with Crippen LogP contribution in [0.2, 0.25) is 0 Å². The van der Waals surface area contributed by atoms with Crippen LogP contribution >= 0.6 is 0 Å². The second-order valence-electron chi connectivity index (χ2n) is 9.92. The minimum atomic E-state index is -0.763. The molecule has 188 valence electrons. The van der Waals surface area contributed by atoms with Crippen LogP contribution in [0.3, 0.4) is 0 Å². The Morgan fingerprint density at radius 3 is 2.65 bits per heavy atom. The van der Waals surface area contributed by atoms with Crippen molar-refractivity contribution in [2.75, 3.05) is 25.0 Å². The number of anilines is 1. The lowest BCUT2D eigenvalue weighted by Crippen LogP contribution is -2.33. The summed E-state index contributed by atoms with van der Waals surface area (Å²) in [7, 11) is 0. The Morgan fingerprint density at radius 2 is 1.91 bits per heavy atom. The summed E-state index contributed by atoms with van der Waals surface area (Å²) in [6.45, 7) is 10.2. The number of hydrogen-bond donors (Lipinski definition) is 3. The van der Waals surface area contributed by atoms with Crippen molar-refractivity contribution in [1.29, 1.82) is 0 Å². The Bertz CT molecular complexity index is 1010. The van der Waals surface area contributed by atoms with Crippen molar-refractivity contribution in [1.82, 2.24) is 24.8 Å². The summed E-state index contributed by atoms with van der Waals surface area (Å²) in [5.41, 5.74) is 0.698. The van der Waals surface area contributed by atoms with Crippen molar-refractivity contribution in [3.05, 3.63) is 12.7 Å². The fourth-order valence-electron chi connectivity index (χ4n) is 4.16. The Morgan fingerprint density at radius 1 is 1.18 bits per heavy atom. The van der Waals surface area contributed by atoms with E-state index >= 15 is 0 Å². The summed E-state index contributed by atoms with van der Waals surface area (Å²) >= 11 is 0. The highest BCUT2D eigenvalue weighted by Gasteiger charge is 2.56. The quantitative estimate of drug-likeness (QED) is 0.482. The van der Waals surface area contributed by atoms with Gasteiger partial charge in [0.2, 0.25) is 0 Å². The van der Waals surface area contributed by atoms with Gasteiger partial charge in [-0.1, -0.05) is 0 Å². The fraction of sp³-hybridized carbons (Fsp3) is 0.727. The molecule has 0 aromatic carbocycles. The number of ether oxygens (including phenoxy) is 4. The highest BCUT2D eigenvalue weighted by atomic mass is 16.8. The van der Waals surface area contributed by atoms with Gasteiger partial charge in [-0.25, -0.2) is 19.7 Å². The number of unbranched alkanes of at least 4 members (excludes halogenated alkanes) is 1. The van der Waals surface area contributed by atoms with Crippen LogP contribution in [0.15, 0.2) is 12.7 Å². The van der Waals surface area contributed by atoms with Crippen LogP contribution in [-0.4, -0.2) is 80.1 Å². The van der Waals surface area contributed by atoms with Gasteiger partial charge in [0, 0.05) is 13.1 Å². The number of hydrogen-bond acceptors (Lipinski definition) is 10. The highest BCUT2D eigenvalue weighted by Crippen LogP contribution is 2.43. The average Bonchev–Trinajstić information content (AvgIpc) is 3.39. The standard InChI is InChI=1S/C22H34N6O6/c1-21(2,3)34-20(30)24-9-7-6-8-23-17-14-18(26-11-25-17)28(12-27-14)19-16-15(13(10-29)31-19)32-22(4,5)33-16/h11-13,15-16,19,29H,6-10H2,1-5H3,(H,24,30)(H,23,25,26). The molecule has 2 aromatic heterocycles. The topological polar surface area (TPSA) is 142 Å². The molecule has 34 heavy (non-hydrogen) atoms. The molecule has 0 aliphatic carbocycles. The number of carbonyl (C=O) groups is 1. The first-order valence-electron chi connectivity index (χ1n) is 11.6. The molecular weight excluding hydrogens is 444 g/mol. The smallest absolute Gasteiger partial charge is 0.407 e. The van der Waals surface area contributed by atoms with Crippen LogP contribution in [0.1, 0.15) is 53.7 Å². The predicted octanol–water partition coefficient (Wildman–Crippen LogP) is 1.95. The highest BCUT2D eigenvalue weighted by molar-refractivity contribution is 5.82. The molecule has 4 rings (SSSR count). The number of imidazole rings is 1. The third kappa shape index (κ3) is 5.40. The average molecular weight is 479 g/mol. The first-order chi connectivity index (χ1) is 16.1. The molecule has 4 atom stereocenters. The van der Waals surface area contributed by atoms with Crippen LogP contribution in [0.5, 0.6) is 0 Å².